The molecule has 0 atom stereocenters. The summed E-state index contributed by atoms with van der Waals surface area (Å²) in [5.41, 5.74) is 4.26. The van der Waals surface area contributed by atoms with Gasteiger partial charge in [0.2, 0.25) is 5.91 Å². The number of hydrogen-bond acceptors (Lipinski definition) is 3. The van der Waals surface area contributed by atoms with E-state index in [1.54, 1.807) is 12.3 Å². The predicted molar refractivity (Wildman–Crippen MR) is 111 cm³/mol. The zero-order chi connectivity index (χ0) is 19.1. The molecule has 5 heteroatoms. The van der Waals surface area contributed by atoms with Crippen LogP contribution in [0.15, 0.2) is 66.9 Å². The minimum atomic E-state index is -0.0759. The number of aryl methyl sites for hydroxylation is 1. The first-order chi connectivity index (χ1) is 13.1. The predicted octanol–water partition coefficient (Wildman–Crippen LogP) is 4.88. The molecule has 4 nitrogen and oxygen atoms in total. The van der Waals surface area contributed by atoms with Gasteiger partial charge < -0.3 is 10.6 Å². The van der Waals surface area contributed by atoms with Crippen molar-refractivity contribution in [2.45, 2.75) is 19.8 Å². The smallest absolute Gasteiger partial charge is 0.229 e. The number of carbonyl (C=O) groups excluding carboxylic acids is 1. The van der Waals surface area contributed by atoms with Crippen molar-refractivity contribution in [2.75, 3.05) is 17.2 Å². The number of nitrogens with zero attached hydrogens (tertiary/aromatic N) is 1. The summed E-state index contributed by atoms with van der Waals surface area (Å²) in [5, 5.41) is 6.90. The SMILES string of the molecule is Cc1ccc(CC(=O)Nc2ccc(NCCc3cccc(Cl)c3)cn2)cc1. The first-order valence-corrected chi connectivity index (χ1v) is 9.26. The Hall–Kier alpha value is -2.85. The van der Waals surface area contributed by atoms with Crippen LogP contribution in [0.3, 0.4) is 0 Å². The summed E-state index contributed by atoms with van der Waals surface area (Å²) in [7, 11) is 0. The molecule has 3 rings (SSSR count). The van der Waals surface area contributed by atoms with Gasteiger partial charge in [0.15, 0.2) is 0 Å². The molecule has 2 N–H and O–H groups in total. The first kappa shape index (κ1) is 18.9. The lowest BCUT2D eigenvalue weighted by Gasteiger charge is -2.08. The molecule has 27 heavy (non-hydrogen) atoms. The van der Waals surface area contributed by atoms with Gasteiger partial charge in [-0.2, -0.15) is 0 Å². The van der Waals surface area contributed by atoms with Crippen molar-refractivity contribution < 1.29 is 4.79 Å². The van der Waals surface area contributed by atoms with E-state index in [1.165, 1.54) is 11.1 Å². The summed E-state index contributed by atoms with van der Waals surface area (Å²) in [6.07, 6.45) is 2.93. The summed E-state index contributed by atoms with van der Waals surface area (Å²) < 4.78 is 0. The largest absolute Gasteiger partial charge is 0.383 e. The van der Waals surface area contributed by atoms with Crippen molar-refractivity contribution in [3.63, 3.8) is 0 Å². The van der Waals surface area contributed by atoms with Crippen molar-refractivity contribution in [1.82, 2.24) is 4.98 Å². The number of rotatable bonds is 7. The topological polar surface area (TPSA) is 54.0 Å². The van der Waals surface area contributed by atoms with E-state index in [0.717, 1.165) is 29.2 Å². The number of nitrogens with one attached hydrogen (secondary N) is 2. The zero-order valence-corrected chi connectivity index (χ0v) is 16.0. The third-order valence-corrected chi connectivity index (χ3v) is 4.38. The maximum absolute atomic E-state index is 12.1. The molecule has 138 valence electrons. The van der Waals surface area contributed by atoms with Crippen LogP contribution in [-0.2, 0) is 17.6 Å². The van der Waals surface area contributed by atoms with Gasteiger partial charge in [0.25, 0.3) is 0 Å². The molecule has 1 heterocycles. The van der Waals surface area contributed by atoms with Crippen LogP contribution in [-0.4, -0.2) is 17.4 Å². The number of amides is 1. The molecular weight excluding hydrogens is 358 g/mol. The molecule has 1 aromatic heterocycles. The van der Waals surface area contributed by atoms with Crippen molar-refractivity contribution in [1.29, 1.82) is 0 Å². The van der Waals surface area contributed by atoms with Gasteiger partial charge in [-0.1, -0.05) is 53.6 Å². The number of benzene rings is 2. The second-order valence-electron chi connectivity index (χ2n) is 6.45. The Labute approximate surface area is 164 Å². The fourth-order valence-electron chi connectivity index (χ4n) is 2.69. The van der Waals surface area contributed by atoms with Gasteiger partial charge in [-0.25, -0.2) is 4.98 Å². The van der Waals surface area contributed by atoms with Crippen LogP contribution in [0, 0.1) is 6.92 Å². The van der Waals surface area contributed by atoms with Gasteiger partial charge in [0, 0.05) is 11.6 Å². The van der Waals surface area contributed by atoms with Crippen LogP contribution >= 0.6 is 11.6 Å². The molecule has 1 amide bonds. The highest BCUT2D eigenvalue weighted by Gasteiger charge is 2.05. The molecule has 0 unspecified atom stereocenters. The van der Waals surface area contributed by atoms with E-state index in [2.05, 4.69) is 21.7 Å². The Morgan fingerprint density at radius 1 is 1.04 bits per heavy atom. The monoisotopic (exact) mass is 379 g/mol. The maximum atomic E-state index is 12.1. The molecule has 2 aromatic carbocycles. The zero-order valence-electron chi connectivity index (χ0n) is 15.2. The third kappa shape index (κ3) is 6.12. The Morgan fingerprint density at radius 2 is 1.85 bits per heavy atom. The Balaban J connectivity index is 1.46. The molecule has 0 radical (unpaired) electrons. The fourth-order valence-corrected chi connectivity index (χ4v) is 2.91. The van der Waals surface area contributed by atoms with E-state index < -0.39 is 0 Å². The van der Waals surface area contributed by atoms with E-state index in [4.69, 9.17) is 11.6 Å². The maximum Gasteiger partial charge on any atom is 0.229 e. The highest BCUT2D eigenvalue weighted by atomic mass is 35.5. The molecule has 0 saturated heterocycles. The number of carbonyl (C=O) groups is 1. The average Bonchev–Trinajstić information content (AvgIpc) is 2.65. The fraction of sp³-hybridized carbons (Fsp3) is 0.182. The number of halogens is 1. The van der Waals surface area contributed by atoms with Gasteiger partial charge >= 0.3 is 0 Å². The first-order valence-electron chi connectivity index (χ1n) is 8.88. The quantitative estimate of drug-likeness (QED) is 0.615. The third-order valence-electron chi connectivity index (χ3n) is 4.15. The number of anilines is 2. The van der Waals surface area contributed by atoms with Gasteiger partial charge in [0.1, 0.15) is 5.82 Å². The number of hydrogen-bond donors (Lipinski definition) is 2. The van der Waals surface area contributed by atoms with Gasteiger partial charge in [0.05, 0.1) is 18.3 Å². The van der Waals surface area contributed by atoms with Crippen LogP contribution in [0.25, 0.3) is 0 Å². The van der Waals surface area contributed by atoms with Crippen molar-refractivity contribution >= 4 is 29.0 Å². The molecule has 0 fully saturated rings. The summed E-state index contributed by atoms with van der Waals surface area (Å²) in [6.45, 7) is 2.81. The summed E-state index contributed by atoms with van der Waals surface area (Å²) >= 11 is 5.99. The summed E-state index contributed by atoms with van der Waals surface area (Å²) in [4.78, 5) is 16.4. The Bertz CT molecular complexity index is 892. The molecular formula is C22H22ClN3O. The summed E-state index contributed by atoms with van der Waals surface area (Å²) in [6, 6.07) is 19.5. The molecule has 0 spiro atoms. The molecule has 0 aliphatic rings. The van der Waals surface area contributed by atoms with Crippen LogP contribution in [0.1, 0.15) is 16.7 Å². The number of aromatic nitrogens is 1. The van der Waals surface area contributed by atoms with Gasteiger partial charge in [-0.05, 0) is 48.7 Å². The Kier molecular flexibility index (Phi) is 6.44. The van der Waals surface area contributed by atoms with Crippen molar-refractivity contribution in [2.24, 2.45) is 0 Å². The van der Waals surface area contributed by atoms with E-state index in [1.807, 2.05) is 55.5 Å². The lowest BCUT2D eigenvalue weighted by molar-refractivity contribution is -0.115. The van der Waals surface area contributed by atoms with E-state index in [9.17, 15) is 4.79 Å². The molecule has 3 aromatic rings. The normalized spacial score (nSPS) is 10.4. The van der Waals surface area contributed by atoms with Crippen LogP contribution < -0.4 is 10.6 Å². The average molecular weight is 380 g/mol. The molecule has 0 aliphatic carbocycles. The standard InChI is InChI=1S/C22H22ClN3O/c1-16-5-7-18(8-6-16)14-22(27)26-21-10-9-20(15-25-21)24-12-11-17-3-2-4-19(23)13-17/h2-10,13,15,24H,11-12,14H2,1H3,(H,25,26,27). The van der Waals surface area contributed by atoms with Crippen LogP contribution in [0.4, 0.5) is 11.5 Å². The molecule has 0 saturated carbocycles. The van der Waals surface area contributed by atoms with Crippen LogP contribution in [0.5, 0.6) is 0 Å². The second kappa shape index (κ2) is 9.19. The van der Waals surface area contributed by atoms with Crippen molar-refractivity contribution in [3.8, 4) is 0 Å². The minimum absolute atomic E-state index is 0.0759. The molecule has 0 aliphatic heterocycles. The number of pyridine rings is 1. The van der Waals surface area contributed by atoms with Gasteiger partial charge in [-0.15, -0.1) is 0 Å². The van der Waals surface area contributed by atoms with E-state index in [0.29, 0.717) is 12.2 Å². The van der Waals surface area contributed by atoms with E-state index >= 15 is 0 Å². The second-order valence-corrected chi connectivity index (χ2v) is 6.89. The highest BCUT2D eigenvalue weighted by molar-refractivity contribution is 6.30. The molecule has 0 bridgehead atoms. The van der Waals surface area contributed by atoms with Crippen LogP contribution in [0.2, 0.25) is 5.02 Å². The van der Waals surface area contributed by atoms with Gasteiger partial charge in [-0.3, -0.25) is 4.79 Å². The lowest BCUT2D eigenvalue weighted by atomic mass is 10.1. The van der Waals surface area contributed by atoms with E-state index in [-0.39, 0.29) is 5.91 Å². The minimum Gasteiger partial charge on any atom is -0.383 e. The lowest BCUT2D eigenvalue weighted by Crippen LogP contribution is -2.15. The van der Waals surface area contributed by atoms with Crippen molar-refractivity contribution in [3.05, 3.63) is 88.6 Å². The highest BCUT2D eigenvalue weighted by Crippen LogP contribution is 2.13. The summed E-state index contributed by atoms with van der Waals surface area (Å²) in [5.74, 6) is 0.473. The Morgan fingerprint density at radius 3 is 2.56 bits per heavy atom.